The van der Waals surface area contributed by atoms with Gasteiger partial charge in [0.25, 0.3) is 0 Å². The lowest BCUT2D eigenvalue weighted by Gasteiger charge is -2.37. The van der Waals surface area contributed by atoms with Crippen molar-refractivity contribution >= 4 is 10.0 Å². The zero-order valence-electron chi connectivity index (χ0n) is 10.5. The van der Waals surface area contributed by atoms with Crippen molar-refractivity contribution in [3.63, 3.8) is 0 Å². The molecule has 0 amide bonds. The summed E-state index contributed by atoms with van der Waals surface area (Å²) in [4.78, 5) is 0. The van der Waals surface area contributed by atoms with Crippen LogP contribution in [0.15, 0.2) is 0 Å². The fourth-order valence-electron chi connectivity index (χ4n) is 3.46. The third-order valence-corrected chi connectivity index (χ3v) is 5.30. The number of rotatable bonds is 4. The molecule has 100 valence electrons. The number of primary sulfonamides is 1. The van der Waals surface area contributed by atoms with Crippen LogP contribution >= 0.6 is 0 Å². The summed E-state index contributed by atoms with van der Waals surface area (Å²) in [6.45, 7) is 0.497. The summed E-state index contributed by atoms with van der Waals surface area (Å²) in [6, 6.07) is 0.503. The molecular weight excluding hydrogens is 236 g/mol. The Labute approximate surface area is 104 Å². The van der Waals surface area contributed by atoms with E-state index in [0.717, 1.165) is 0 Å². The van der Waals surface area contributed by atoms with E-state index in [-0.39, 0.29) is 5.75 Å². The second-order valence-corrected chi connectivity index (χ2v) is 7.54. The Kier molecular flexibility index (Phi) is 4.10. The Morgan fingerprint density at radius 3 is 2.24 bits per heavy atom. The van der Waals surface area contributed by atoms with E-state index in [1.165, 1.54) is 51.4 Å². The third-order valence-electron chi connectivity index (χ3n) is 4.53. The molecule has 1 spiro atoms. The van der Waals surface area contributed by atoms with Crippen molar-refractivity contribution in [1.29, 1.82) is 0 Å². The lowest BCUT2D eigenvalue weighted by atomic mass is 9.71. The number of nitrogens with two attached hydrogens (primary N) is 1. The molecule has 0 radical (unpaired) electrons. The van der Waals surface area contributed by atoms with Gasteiger partial charge in [-0.15, -0.1) is 0 Å². The first-order chi connectivity index (χ1) is 7.99. The second kappa shape index (κ2) is 5.24. The number of hydrogen-bond acceptors (Lipinski definition) is 3. The van der Waals surface area contributed by atoms with Crippen molar-refractivity contribution in [2.24, 2.45) is 10.6 Å². The number of hydrogen-bond donors (Lipinski definition) is 2. The standard InChI is InChI=1S/C12H24N2O2S/c13-17(15,16)10-9-14-11-3-7-12(8-4-11)5-1-2-6-12/h11,14H,1-10H2,(H2,13,15,16). The lowest BCUT2D eigenvalue weighted by Crippen LogP contribution is -2.39. The fourth-order valence-corrected chi connectivity index (χ4v) is 3.87. The minimum absolute atomic E-state index is 0.0502. The van der Waals surface area contributed by atoms with Gasteiger partial charge in [-0.2, -0.15) is 0 Å². The summed E-state index contributed by atoms with van der Waals surface area (Å²) < 4.78 is 21.6. The van der Waals surface area contributed by atoms with Crippen LogP contribution in [0.25, 0.3) is 0 Å². The maximum Gasteiger partial charge on any atom is 0.210 e. The third kappa shape index (κ3) is 3.93. The molecule has 4 nitrogen and oxygen atoms in total. The van der Waals surface area contributed by atoms with Crippen molar-refractivity contribution in [2.45, 2.75) is 57.4 Å². The predicted octanol–water partition coefficient (Wildman–Crippen LogP) is 1.37. The van der Waals surface area contributed by atoms with Crippen molar-refractivity contribution < 1.29 is 8.42 Å². The minimum Gasteiger partial charge on any atom is -0.313 e. The van der Waals surface area contributed by atoms with Crippen molar-refractivity contribution in [3.8, 4) is 0 Å². The molecule has 0 saturated heterocycles. The van der Waals surface area contributed by atoms with Crippen LogP contribution in [0.2, 0.25) is 0 Å². The summed E-state index contributed by atoms with van der Waals surface area (Å²) in [7, 11) is -3.31. The van der Waals surface area contributed by atoms with E-state index in [1.807, 2.05) is 0 Å². The molecule has 3 N–H and O–H groups in total. The van der Waals surface area contributed by atoms with Crippen molar-refractivity contribution in [2.75, 3.05) is 12.3 Å². The molecule has 0 aliphatic heterocycles. The molecule has 5 heteroatoms. The van der Waals surface area contributed by atoms with Gasteiger partial charge in [-0.05, 0) is 43.9 Å². The van der Waals surface area contributed by atoms with Crippen LogP contribution in [-0.2, 0) is 10.0 Å². The SMILES string of the molecule is NS(=O)(=O)CCNC1CCC2(CCCC2)CC1. The van der Waals surface area contributed by atoms with Crippen LogP contribution in [0, 0.1) is 5.41 Å². The summed E-state index contributed by atoms with van der Waals surface area (Å²) in [5.74, 6) is 0.0502. The largest absolute Gasteiger partial charge is 0.313 e. The number of nitrogens with one attached hydrogen (secondary N) is 1. The molecule has 0 aromatic heterocycles. The van der Waals surface area contributed by atoms with Crippen LogP contribution < -0.4 is 10.5 Å². The first kappa shape index (κ1) is 13.3. The van der Waals surface area contributed by atoms with Gasteiger partial charge in [-0.1, -0.05) is 12.8 Å². The van der Waals surface area contributed by atoms with Gasteiger partial charge in [0.1, 0.15) is 0 Å². The van der Waals surface area contributed by atoms with Crippen LogP contribution in [0.1, 0.15) is 51.4 Å². The topological polar surface area (TPSA) is 72.2 Å². The van der Waals surface area contributed by atoms with Crippen LogP contribution in [-0.4, -0.2) is 26.8 Å². The summed E-state index contributed by atoms with van der Waals surface area (Å²) >= 11 is 0. The van der Waals surface area contributed by atoms with E-state index in [0.29, 0.717) is 18.0 Å². The van der Waals surface area contributed by atoms with Gasteiger partial charge in [0.15, 0.2) is 0 Å². The van der Waals surface area contributed by atoms with Gasteiger partial charge in [0, 0.05) is 12.6 Å². The molecule has 0 bridgehead atoms. The highest BCUT2D eigenvalue weighted by molar-refractivity contribution is 7.89. The van der Waals surface area contributed by atoms with Crippen LogP contribution in [0.4, 0.5) is 0 Å². The molecule has 2 aliphatic carbocycles. The molecule has 0 atom stereocenters. The van der Waals surface area contributed by atoms with Gasteiger partial charge in [0.05, 0.1) is 5.75 Å². The van der Waals surface area contributed by atoms with Gasteiger partial charge < -0.3 is 5.32 Å². The normalized spacial score (nSPS) is 25.5. The van der Waals surface area contributed by atoms with E-state index in [9.17, 15) is 8.42 Å². The van der Waals surface area contributed by atoms with Gasteiger partial charge in [-0.25, -0.2) is 13.6 Å². The van der Waals surface area contributed by atoms with E-state index in [4.69, 9.17) is 5.14 Å². The molecule has 2 aliphatic rings. The van der Waals surface area contributed by atoms with Crippen LogP contribution in [0.5, 0.6) is 0 Å². The molecule has 0 heterocycles. The molecule has 17 heavy (non-hydrogen) atoms. The van der Waals surface area contributed by atoms with Gasteiger partial charge >= 0.3 is 0 Å². The molecule has 0 aromatic carbocycles. The zero-order chi connectivity index (χ0) is 12.4. The Morgan fingerprint density at radius 1 is 1.12 bits per heavy atom. The quantitative estimate of drug-likeness (QED) is 0.802. The maximum absolute atomic E-state index is 10.8. The molecular formula is C12H24N2O2S. The van der Waals surface area contributed by atoms with E-state index >= 15 is 0 Å². The van der Waals surface area contributed by atoms with Crippen molar-refractivity contribution in [1.82, 2.24) is 5.32 Å². The minimum atomic E-state index is -3.31. The monoisotopic (exact) mass is 260 g/mol. The summed E-state index contributed by atoms with van der Waals surface area (Å²) in [5.41, 5.74) is 0.651. The maximum atomic E-state index is 10.8. The zero-order valence-corrected chi connectivity index (χ0v) is 11.3. The van der Waals surface area contributed by atoms with E-state index in [1.54, 1.807) is 0 Å². The summed E-state index contributed by atoms with van der Waals surface area (Å²) in [6.07, 6.45) is 10.7. The highest BCUT2D eigenvalue weighted by atomic mass is 32.2. The first-order valence-corrected chi connectivity index (χ1v) is 8.45. The average Bonchev–Trinajstić information content (AvgIpc) is 2.68. The Hall–Kier alpha value is -0.130. The molecule has 2 fully saturated rings. The van der Waals surface area contributed by atoms with Crippen LogP contribution in [0.3, 0.4) is 0 Å². The first-order valence-electron chi connectivity index (χ1n) is 6.73. The average molecular weight is 260 g/mol. The highest BCUT2D eigenvalue weighted by Gasteiger charge is 2.37. The Balaban J connectivity index is 1.69. The molecule has 2 saturated carbocycles. The molecule has 0 aromatic rings. The van der Waals surface area contributed by atoms with Gasteiger partial charge in [-0.3, -0.25) is 0 Å². The predicted molar refractivity (Wildman–Crippen MR) is 69.1 cm³/mol. The van der Waals surface area contributed by atoms with Crippen molar-refractivity contribution in [3.05, 3.63) is 0 Å². The second-order valence-electron chi connectivity index (χ2n) is 5.80. The van der Waals surface area contributed by atoms with E-state index < -0.39 is 10.0 Å². The lowest BCUT2D eigenvalue weighted by molar-refractivity contribution is 0.169. The molecule has 2 rings (SSSR count). The smallest absolute Gasteiger partial charge is 0.210 e. The summed E-state index contributed by atoms with van der Waals surface area (Å²) in [5, 5.41) is 8.30. The number of sulfonamides is 1. The van der Waals surface area contributed by atoms with E-state index in [2.05, 4.69) is 5.32 Å². The Morgan fingerprint density at radius 2 is 1.71 bits per heavy atom. The Bertz CT molecular complexity index is 338. The fraction of sp³-hybridized carbons (Fsp3) is 1.00. The molecule has 0 unspecified atom stereocenters. The van der Waals surface area contributed by atoms with Gasteiger partial charge in [0.2, 0.25) is 10.0 Å². The highest BCUT2D eigenvalue weighted by Crippen LogP contribution is 2.48.